The topological polar surface area (TPSA) is 53.7 Å². The number of hydrogen-bond acceptors (Lipinski definition) is 4. The zero-order valence-electron chi connectivity index (χ0n) is 14.3. The van der Waals surface area contributed by atoms with E-state index in [1.807, 2.05) is 6.07 Å². The maximum atomic E-state index is 12.2. The molecule has 3 fully saturated rings. The summed E-state index contributed by atoms with van der Waals surface area (Å²) < 4.78 is 5.64. The highest BCUT2D eigenvalue weighted by Gasteiger charge is 2.24. The Balaban J connectivity index is 0.000000163. The molecule has 0 unspecified atom stereocenters. The van der Waals surface area contributed by atoms with Crippen molar-refractivity contribution in [3.63, 3.8) is 0 Å². The van der Waals surface area contributed by atoms with Crippen LogP contribution >= 0.6 is 0 Å². The fraction of sp³-hybridized carbons (Fsp3) is 0.381. The Hall–Kier alpha value is -2.17. The molecule has 0 spiro atoms. The molecule has 4 heteroatoms. The van der Waals surface area contributed by atoms with Crippen molar-refractivity contribution < 1.29 is 9.52 Å². The fourth-order valence-corrected chi connectivity index (χ4v) is 3.81. The minimum Gasteiger partial charge on any atom is -0.456 e. The monoisotopic (exact) mass is 337 g/mol. The van der Waals surface area contributed by atoms with Gasteiger partial charge in [0.25, 0.3) is 0 Å². The second-order valence-corrected chi connectivity index (χ2v) is 6.99. The summed E-state index contributed by atoms with van der Waals surface area (Å²) in [6, 6.07) is 12.3. The minimum absolute atomic E-state index is 0.0582. The van der Waals surface area contributed by atoms with Gasteiger partial charge in [0.05, 0.1) is 17.4 Å². The Morgan fingerprint density at radius 2 is 1.64 bits per heavy atom. The van der Waals surface area contributed by atoms with Crippen LogP contribution < -0.4 is 5.43 Å². The van der Waals surface area contributed by atoms with Gasteiger partial charge in [-0.25, -0.2) is 0 Å². The molecule has 6 rings (SSSR count). The molecule has 130 valence electrons. The molecule has 3 saturated heterocycles. The van der Waals surface area contributed by atoms with Crippen molar-refractivity contribution >= 4 is 21.9 Å². The Morgan fingerprint density at radius 1 is 0.960 bits per heavy atom. The van der Waals surface area contributed by atoms with Crippen molar-refractivity contribution in [2.75, 3.05) is 19.6 Å². The first-order valence-corrected chi connectivity index (χ1v) is 9.02. The SMILES string of the molecule is C1CN2CCC1CC2.O=c1c2ccccc2oc2ccc(CO)cc12. The third-order valence-electron chi connectivity index (χ3n) is 5.38. The third-order valence-corrected chi connectivity index (χ3v) is 5.38. The van der Waals surface area contributed by atoms with Crippen molar-refractivity contribution in [3.05, 3.63) is 58.3 Å². The van der Waals surface area contributed by atoms with Crippen LogP contribution in [-0.4, -0.2) is 29.6 Å². The van der Waals surface area contributed by atoms with Crippen LogP contribution in [0.25, 0.3) is 21.9 Å². The summed E-state index contributed by atoms with van der Waals surface area (Å²) in [7, 11) is 0. The molecule has 0 radical (unpaired) electrons. The lowest BCUT2D eigenvalue weighted by atomic mass is 9.89. The van der Waals surface area contributed by atoms with Crippen molar-refractivity contribution in [1.82, 2.24) is 4.90 Å². The fourth-order valence-electron chi connectivity index (χ4n) is 3.81. The Labute approximate surface area is 146 Å². The summed E-state index contributed by atoms with van der Waals surface area (Å²) in [5.74, 6) is 1.11. The van der Waals surface area contributed by atoms with Gasteiger partial charge in [-0.3, -0.25) is 4.79 Å². The van der Waals surface area contributed by atoms with Crippen molar-refractivity contribution in [2.45, 2.75) is 25.9 Å². The summed E-state index contributed by atoms with van der Waals surface area (Å²) in [5.41, 5.74) is 1.78. The smallest absolute Gasteiger partial charge is 0.200 e. The van der Waals surface area contributed by atoms with E-state index in [-0.39, 0.29) is 12.0 Å². The minimum atomic E-state index is -0.0811. The first-order valence-electron chi connectivity index (χ1n) is 9.02. The van der Waals surface area contributed by atoms with Crippen LogP contribution in [0.15, 0.2) is 51.7 Å². The molecule has 4 heterocycles. The van der Waals surface area contributed by atoms with E-state index in [1.54, 1.807) is 36.4 Å². The van der Waals surface area contributed by atoms with Gasteiger partial charge in [-0.05, 0) is 74.6 Å². The maximum absolute atomic E-state index is 12.2. The van der Waals surface area contributed by atoms with Crippen LogP contribution in [0.4, 0.5) is 0 Å². The molecule has 25 heavy (non-hydrogen) atoms. The zero-order chi connectivity index (χ0) is 17.2. The van der Waals surface area contributed by atoms with E-state index >= 15 is 0 Å². The number of hydrogen-bond donors (Lipinski definition) is 1. The van der Waals surface area contributed by atoms with Gasteiger partial charge in [0.2, 0.25) is 5.43 Å². The first kappa shape index (κ1) is 16.3. The molecule has 2 aromatic carbocycles. The van der Waals surface area contributed by atoms with E-state index in [9.17, 15) is 4.79 Å². The van der Waals surface area contributed by atoms with Crippen molar-refractivity contribution in [3.8, 4) is 0 Å². The van der Waals surface area contributed by atoms with Crippen molar-refractivity contribution in [1.29, 1.82) is 0 Å². The number of benzene rings is 2. The normalized spacial score (nSPS) is 22.0. The summed E-state index contributed by atoms with van der Waals surface area (Å²) in [6.07, 6.45) is 4.46. The Morgan fingerprint density at radius 3 is 2.24 bits per heavy atom. The highest BCUT2D eigenvalue weighted by Crippen LogP contribution is 2.26. The van der Waals surface area contributed by atoms with E-state index in [0.717, 1.165) is 5.92 Å². The van der Waals surface area contributed by atoms with E-state index in [1.165, 1.54) is 38.9 Å². The molecular weight excluding hydrogens is 314 g/mol. The lowest BCUT2D eigenvalue weighted by Gasteiger charge is -2.38. The van der Waals surface area contributed by atoms with Crippen LogP contribution in [0.1, 0.15) is 24.8 Å². The largest absolute Gasteiger partial charge is 0.456 e. The predicted octanol–water partition coefficient (Wildman–Crippen LogP) is 3.54. The van der Waals surface area contributed by atoms with Gasteiger partial charge < -0.3 is 14.4 Å². The Kier molecular flexibility index (Phi) is 4.55. The number of fused-ring (bicyclic) bond motifs is 5. The summed E-state index contributed by atoms with van der Waals surface area (Å²) in [4.78, 5) is 14.8. The number of aliphatic hydroxyl groups excluding tert-OH is 1. The molecule has 1 N–H and O–H groups in total. The van der Waals surface area contributed by atoms with Gasteiger partial charge in [0.15, 0.2) is 0 Å². The van der Waals surface area contributed by atoms with Gasteiger partial charge in [0.1, 0.15) is 11.2 Å². The molecule has 0 aliphatic carbocycles. The molecule has 4 nitrogen and oxygen atoms in total. The van der Waals surface area contributed by atoms with Crippen LogP contribution in [0.2, 0.25) is 0 Å². The molecule has 1 aromatic heterocycles. The summed E-state index contributed by atoms with van der Waals surface area (Å²) in [6.45, 7) is 4.10. The number of rotatable bonds is 1. The Bertz CT molecular complexity index is 916. The number of nitrogens with zero attached hydrogens (tertiary/aromatic N) is 1. The summed E-state index contributed by atoms with van der Waals surface area (Å²) >= 11 is 0. The van der Waals surface area contributed by atoms with E-state index in [0.29, 0.717) is 27.5 Å². The number of piperidine rings is 3. The lowest BCUT2D eigenvalue weighted by Crippen LogP contribution is -2.41. The van der Waals surface area contributed by atoms with E-state index in [2.05, 4.69) is 4.90 Å². The van der Waals surface area contributed by atoms with Gasteiger partial charge in [0, 0.05) is 0 Å². The quantitative estimate of drug-likeness (QED) is 0.690. The molecule has 3 aromatic rings. The average Bonchev–Trinajstić information content (AvgIpc) is 2.70. The second-order valence-electron chi connectivity index (χ2n) is 6.99. The highest BCUT2D eigenvalue weighted by atomic mass is 16.3. The van der Waals surface area contributed by atoms with Gasteiger partial charge >= 0.3 is 0 Å². The van der Waals surface area contributed by atoms with Crippen LogP contribution in [0, 0.1) is 5.92 Å². The molecule has 0 amide bonds. The maximum Gasteiger partial charge on any atom is 0.200 e. The second kappa shape index (κ2) is 6.98. The first-order chi connectivity index (χ1) is 12.2. The third kappa shape index (κ3) is 3.32. The lowest BCUT2D eigenvalue weighted by molar-refractivity contribution is 0.111. The van der Waals surface area contributed by atoms with Gasteiger partial charge in [-0.2, -0.15) is 0 Å². The molecule has 2 bridgehead atoms. The molecular formula is C21H23NO3. The number of aliphatic hydroxyl groups is 1. The van der Waals surface area contributed by atoms with Crippen LogP contribution in [0.5, 0.6) is 0 Å². The molecule has 3 aliphatic rings. The molecule has 3 aliphatic heterocycles. The standard InChI is InChI=1S/C14H10O3.C7H13N/c15-8-9-5-6-13-11(7-9)14(16)10-3-1-2-4-12(10)17-13;1-4-8-5-2-7(1)3-6-8/h1-7,15H,8H2;7H,1-6H2. The molecule has 0 atom stereocenters. The zero-order valence-corrected chi connectivity index (χ0v) is 14.3. The van der Waals surface area contributed by atoms with Gasteiger partial charge in [-0.15, -0.1) is 0 Å². The van der Waals surface area contributed by atoms with Crippen molar-refractivity contribution in [2.24, 2.45) is 5.92 Å². The number of para-hydroxylation sites is 1. The summed E-state index contributed by atoms with van der Waals surface area (Å²) in [5, 5.41) is 10.1. The van der Waals surface area contributed by atoms with Crippen LogP contribution in [-0.2, 0) is 6.61 Å². The van der Waals surface area contributed by atoms with E-state index in [4.69, 9.17) is 9.52 Å². The highest BCUT2D eigenvalue weighted by molar-refractivity contribution is 5.89. The predicted molar refractivity (Wildman–Crippen MR) is 99.7 cm³/mol. The van der Waals surface area contributed by atoms with Crippen LogP contribution in [0.3, 0.4) is 0 Å². The van der Waals surface area contributed by atoms with Gasteiger partial charge in [-0.1, -0.05) is 18.2 Å². The van der Waals surface area contributed by atoms with E-state index < -0.39 is 0 Å². The average molecular weight is 337 g/mol. The molecule has 0 saturated carbocycles.